The van der Waals surface area contributed by atoms with Gasteiger partial charge in [-0.15, -0.1) is 0 Å². The molecule has 1 aliphatic heterocycles. The number of methoxy groups -OCH3 is 1. The van der Waals surface area contributed by atoms with E-state index >= 15 is 0 Å². The summed E-state index contributed by atoms with van der Waals surface area (Å²) < 4.78 is 20.1. The highest BCUT2D eigenvalue weighted by atomic mass is 32.1. The number of thiocarbonyl (C=S) groups is 1. The van der Waals surface area contributed by atoms with Gasteiger partial charge in [-0.3, -0.25) is 14.7 Å². The van der Waals surface area contributed by atoms with Crippen molar-refractivity contribution in [2.45, 2.75) is 6.54 Å². The number of fused-ring (bicyclic) bond motifs is 1. The van der Waals surface area contributed by atoms with Crippen molar-refractivity contribution in [3.8, 4) is 5.75 Å². The molecular weight excluding hydrogens is 417 g/mol. The lowest BCUT2D eigenvalue weighted by Gasteiger charge is -2.36. The summed E-state index contributed by atoms with van der Waals surface area (Å²) >= 11 is 5.50. The summed E-state index contributed by atoms with van der Waals surface area (Å²) in [7, 11) is 1.59. The molecule has 162 valence electrons. The molecule has 0 saturated carbocycles. The van der Waals surface area contributed by atoms with Crippen molar-refractivity contribution in [2.75, 3.05) is 45.2 Å². The van der Waals surface area contributed by atoms with Gasteiger partial charge >= 0.3 is 0 Å². The van der Waals surface area contributed by atoms with Crippen LogP contribution in [0.3, 0.4) is 0 Å². The van der Waals surface area contributed by atoms with Gasteiger partial charge in [0.2, 0.25) is 0 Å². The maximum atomic E-state index is 13.1. The lowest BCUT2D eigenvalue weighted by molar-refractivity contribution is 0.178. The molecule has 1 aliphatic rings. The highest BCUT2D eigenvalue weighted by Crippen LogP contribution is 2.17. The fraction of sp³-hybridized carbons (Fsp3) is 0.318. The SMILES string of the molecule is COc1cnc2ccc(=O)n(CCN3CCN(C(=S)Nc4ccc(F)cc4)CC3)c2c1. The van der Waals surface area contributed by atoms with Gasteiger partial charge < -0.3 is 19.5 Å². The highest BCUT2D eigenvalue weighted by Gasteiger charge is 2.19. The van der Waals surface area contributed by atoms with Crippen LogP contribution in [0, 0.1) is 5.82 Å². The minimum absolute atomic E-state index is 0.0501. The molecule has 0 bridgehead atoms. The lowest BCUT2D eigenvalue weighted by Crippen LogP contribution is -2.50. The van der Waals surface area contributed by atoms with Crippen LogP contribution in [0.15, 0.2) is 53.5 Å². The number of piperazine rings is 1. The molecule has 4 rings (SSSR count). The van der Waals surface area contributed by atoms with E-state index in [4.69, 9.17) is 17.0 Å². The van der Waals surface area contributed by atoms with E-state index in [2.05, 4.69) is 20.1 Å². The zero-order chi connectivity index (χ0) is 21.8. The van der Waals surface area contributed by atoms with Crippen LogP contribution in [0.5, 0.6) is 5.75 Å². The van der Waals surface area contributed by atoms with E-state index in [1.54, 1.807) is 42.1 Å². The second kappa shape index (κ2) is 9.40. The molecule has 1 fully saturated rings. The Labute approximate surface area is 185 Å². The number of hydrogen-bond donors (Lipinski definition) is 1. The van der Waals surface area contributed by atoms with E-state index in [1.807, 2.05) is 6.07 Å². The lowest BCUT2D eigenvalue weighted by atomic mass is 10.3. The number of aromatic nitrogens is 2. The van der Waals surface area contributed by atoms with E-state index < -0.39 is 0 Å². The van der Waals surface area contributed by atoms with Gasteiger partial charge in [-0.2, -0.15) is 0 Å². The summed E-state index contributed by atoms with van der Waals surface area (Å²) in [6.45, 7) is 4.57. The molecule has 3 heterocycles. The summed E-state index contributed by atoms with van der Waals surface area (Å²) in [5.41, 5.74) is 2.26. The largest absolute Gasteiger partial charge is 0.495 e. The van der Waals surface area contributed by atoms with Crippen LogP contribution in [-0.4, -0.2) is 64.3 Å². The van der Waals surface area contributed by atoms with Crippen molar-refractivity contribution in [1.29, 1.82) is 0 Å². The number of benzene rings is 1. The Morgan fingerprint density at radius 1 is 1.13 bits per heavy atom. The third kappa shape index (κ3) is 5.00. The molecule has 0 spiro atoms. The number of halogens is 1. The van der Waals surface area contributed by atoms with Crippen molar-refractivity contribution in [3.05, 3.63) is 64.8 Å². The normalized spacial score (nSPS) is 14.6. The van der Waals surface area contributed by atoms with Gasteiger partial charge in [0.15, 0.2) is 5.11 Å². The average Bonchev–Trinajstić information content (AvgIpc) is 2.80. The summed E-state index contributed by atoms with van der Waals surface area (Å²) in [4.78, 5) is 21.3. The number of ether oxygens (including phenoxy) is 1. The van der Waals surface area contributed by atoms with Crippen LogP contribution >= 0.6 is 12.2 Å². The molecule has 0 unspecified atom stereocenters. The molecule has 1 aromatic carbocycles. The monoisotopic (exact) mass is 441 g/mol. The maximum Gasteiger partial charge on any atom is 0.251 e. The van der Waals surface area contributed by atoms with Gasteiger partial charge in [0.1, 0.15) is 11.6 Å². The second-order valence-corrected chi connectivity index (χ2v) is 7.76. The maximum absolute atomic E-state index is 13.1. The minimum Gasteiger partial charge on any atom is -0.495 e. The van der Waals surface area contributed by atoms with Crippen molar-refractivity contribution in [2.24, 2.45) is 0 Å². The molecule has 0 amide bonds. The number of nitrogens with one attached hydrogen (secondary N) is 1. The third-order valence-corrected chi connectivity index (χ3v) is 5.80. The van der Waals surface area contributed by atoms with E-state index in [1.165, 1.54) is 12.1 Å². The molecule has 0 radical (unpaired) electrons. The van der Waals surface area contributed by atoms with Gasteiger partial charge in [0.25, 0.3) is 5.56 Å². The zero-order valence-electron chi connectivity index (χ0n) is 17.3. The molecule has 31 heavy (non-hydrogen) atoms. The molecular formula is C22H24FN5O2S. The predicted molar refractivity (Wildman–Crippen MR) is 123 cm³/mol. The van der Waals surface area contributed by atoms with Crippen LogP contribution in [0.4, 0.5) is 10.1 Å². The Bertz CT molecular complexity index is 1130. The van der Waals surface area contributed by atoms with E-state index in [0.29, 0.717) is 17.4 Å². The predicted octanol–water partition coefficient (Wildman–Crippen LogP) is 2.56. The zero-order valence-corrected chi connectivity index (χ0v) is 18.1. The average molecular weight is 442 g/mol. The first-order valence-corrected chi connectivity index (χ1v) is 10.5. The van der Waals surface area contributed by atoms with Crippen molar-refractivity contribution >= 4 is 34.1 Å². The molecule has 0 aliphatic carbocycles. The molecule has 7 nitrogen and oxygen atoms in total. The van der Waals surface area contributed by atoms with E-state index in [0.717, 1.165) is 49.4 Å². The quantitative estimate of drug-likeness (QED) is 0.611. The van der Waals surface area contributed by atoms with Gasteiger partial charge in [-0.05, 0) is 42.5 Å². The number of nitrogens with zero attached hydrogens (tertiary/aromatic N) is 4. The van der Waals surface area contributed by atoms with Crippen molar-refractivity contribution in [3.63, 3.8) is 0 Å². The number of pyridine rings is 2. The first-order valence-electron chi connectivity index (χ1n) is 10.1. The molecule has 1 N–H and O–H groups in total. The molecule has 1 saturated heterocycles. The Kier molecular flexibility index (Phi) is 6.43. The van der Waals surface area contributed by atoms with Gasteiger partial charge in [-0.25, -0.2) is 4.39 Å². The Hall–Kier alpha value is -3.04. The minimum atomic E-state index is -0.274. The van der Waals surface area contributed by atoms with E-state index in [9.17, 15) is 9.18 Å². The first kappa shape index (κ1) is 21.2. The van der Waals surface area contributed by atoms with Gasteiger partial charge in [0, 0.05) is 57.1 Å². The van der Waals surface area contributed by atoms with Crippen molar-refractivity contribution < 1.29 is 9.13 Å². The van der Waals surface area contributed by atoms with Crippen LogP contribution < -0.4 is 15.6 Å². The summed E-state index contributed by atoms with van der Waals surface area (Å²) in [5.74, 6) is 0.354. The molecule has 2 aromatic heterocycles. The van der Waals surface area contributed by atoms with Crippen LogP contribution in [0.2, 0.25) is 0 Å². The fourth-order valence-electron chi connectivity index (χ4n) is 3.64. The Balaban J connectivity index is 1.34. The van der Waals surface area contributed by atoms with E-state index in [-0.39, 0.29) is 11.4 Å². The van der Waals surface area contributed by atoms with Gasteiger partial charge in [-0.1, -0.05) is 0 Å². The van der Waals surface area contributed by atoms with Crippen LogP contribution in [-0.2, 0) is 6.54 Å². The summed E-state index contributed by atoms with van der Waals surface area (Å²) in [5, 5.41) is 3.79. The third-order valence-electron chi connectivity index (χ3n) is 5.44. The topological polar surface area (TPSA) is 62.6 Å². The molecule has 9 heteroatoms. The first-order chi connectivity index (χ1) is 15.0. The number of rotatable bonds is 5. The second-order valence-electron chi connectivity index (χ2n) is 7.37. The number of hydrogen-bond acceptors (Lipinski definition) is 5. The van der Waals surface area contributed by atoms with Crippen LogP contribution in [0.25, 0.3) is 11.0 Å². The standard InChI is InChI=1S/C22H24FN5O2S/c1-30-18-14-20-19(24-15-18)6-7-21(29)28(20)13-10-26-8-11-27(12-9-26)22(31)25-17-4-2-16(23)3-5-17/h2-7,14-15H,8-13H2,1H3,(H,25,31). The van der Waals surface area contributed by atoms with Crippen LogP contribution in [0.1, 0.15) is 0 Å². The van der Waals surface area contributed by atoms with Crippen molar-refractivity contribution in [1.82, 2.24) is 19.4 Å². The summed E-state index contributed by atoms with van der Waals surface area (Å²) in [6, 6.07) is 11.3. The smallest absolute Gasteiger partial charge is 0.251 e. The molecule has 0 atom stereocenters. The number of anilines is 1. The Morgan fingerprint density at radius 2 is 1.87 bits per heavy atom. The van der Waals surface area contributed by atoms with Gasteiger partial charge in [0.05, 0.1) is 24.3 Å². The molecule has 3 aromatic rings. The fourth-order valence-corrected chi connectivity index (χ4v) is 3.94. The summed E-state index contributed by atoms with van der Waals surface area (Å²) in [6.07, 6.45) is 1.65. The highest BCUT2D eigenvalue weighted by molar-refractivity contribution is 7.80. The Morgan fingerprint density at radius 3 is 2.58 bits per heavy atom.